The molecular weight excluding hydrogens is 261 g/mol. The quantitative estimate of drug-likeness (QED) is 0.894. The zero-order valence-electron chi connectivity index (χ0n) is 10.4. The summed E-state index contributed by atoms with van der Waals surface area (Å²) in [7, 11) is 4.04. The number of hydrogen-bond acceptors (Lipinski definition) is 5. The Morgan fingerprint density at radius 1 is 1.24 bits per heavy atom. The predicted molar refractivity (Wildman–Crippen MR) is 70.6 cm³/mol. The van der Waals surface area contributed by atoms with Crippen molar-refractivity contribution in [3.8, 4) is 0 Å². The lowest BCUT2D eigenvalue weighted by Crippen LogP contribution is -2.36. The second-order valence-electron chi connectivity index (χ2n) is 4.48. The topological polar surface area (TPSA) is 53.9 Å². The Kier molecular flexibility index (Phi) is 5.36. The summed E-state index contributed by atoms with van der Waals surface area (Å²) < 4.78 is 0. The Morgan fingerprint density at radius 2 is 1.88 bits per heavy atom. The molecule has 0 bridgehead atoms. The van der Waals surface area contributed by atoms with Crippen molar-refractivity contribution in [2.24, 2.45) is 5.92 Å². The molecule has 1 unspecified atom stereocenters. The van der Waals surface area contributed by atoms with Crippen LogP contribution in [0, 0.1) is 5.92 Å². The summed E-state index contributed by atoms with van der Waals surface area (Å²) in [6, 6.07) is 0.218. The molecule has 0 saturated carbocycles. The van der Waals surface area contributed by atoms with Gasteiger partial charge in [-0.1, -0.05) is 25.4 Å². The van der Waals surface area contributed by atoms with Gasteiger partial charge in [0.15, 0.2) is 11.0 Å². The van der Waals surface area contributed by atoms with Gasteiger partial charge < -0.3 is 10.2 Å². The highest BCUT2D eigenvalue weighted by Crippen LogP contribution is 2.19. The van der Waals surface area contributed by atoms with Crippen LogP contribution in [-0.2, 0) is 0 Å². The third-order valence-corrected chi connectivity index (χ3v) is 2.72. The summed E-state index contributed by atoms with van der Waals surface area (Å²) in [6.45, 7) is 5.13. The third-order valence-electron chi connectivity index (χ3n) is 2.31. The van der Waals surface area contributed by atoms with Crippen molar-refractivity contribution in [1.29, 1.82) is 0 Å². The summed E-state index contributed by atoms with van der Waals surface area (Å²) in [5.41, 5.74) is 0. The first-order valence-electron chi connectivity index (χ1n) is 5.37. The van der Waals surface area contributed by atoms with Crippen molar-refractivity contribution in [3.63, 3.8) is 0 Å². The van der Waals surface area contributed by atoms with Crippen molar-refractivity contribution in [1.82, 2.24) is 20.1 Å². The highest BCUT2D eigenvalue weighted by molar-refractivity contribution is 6.32. The first-order chi connectivity index (χ1) is 7.90. The van der Waals surface area contributed by atoms with Gasteiger partial charge in [-0.25, -0.2) is 0 Å². The van der Waals surface area contributed by atoms with Crippen LogP contribution in [0.2, 0.25) is 10.4 Å². The van der Waals surface area contributed by atoms with E-state index in [2.05, 4.69) is 39.2 Å². The van der Waals surface area contributed by atoms with E-state index in [9.17, 15) is 0 Å². The highest BCUT2D eigenvalue weighted by Gasteiger charge is 2.17. The van der Waals surface area contributed by atoms with Gasteiger partial charge in [-0.2, -0.15) is 4.98 Å². The smallest absolute Gasteiger partial charge is 0.245 e. The zero-order valence-corrected chi connectivity index (χ0v) is 11.9. The lowest BCUT2D eigenvalue weighted by atomic mass is 10.0. The van der Waals surface area contributed by atoms with Crippen molar-refractivity contribution in [2.45, 2.75) is 19.9 Å². The molecule has 0 aromatic carbocycles. The minimum Gasteiger partial charge on any atom is -0.363 e. The molecule has 1 rings (SSSR count). The monoisotopic (exact) mass is 277 g/mol. The van der Waals surface area contributed by atoms with Crippen LogP contribution in [0.1, 0.15) is 13.8 Å². The number of nitrogens with zero attached hydrogens (tertiary/aromatic N) is 4. The van der Waals surface area contributed by atoms with Gasteiger partial charge in [0.1, 0.15) is 0 Å². The van der Waals surface area contributed by atoms with Crippen LogP contribution < -0.4 is 5.32 Å². The van der Waals surface area contributed by atoms with Gasteiger partial charge in [-0.3, -0.25) is 0 Å². The van der Waals surface area contributed by atoms with Crippen molar-refractivity contribution < 1.29 is 0 Å². The third kappa shape index (κ3) is 4.61. The van der Waals surface area contributed by atoms with Crippen LogP contribution in [-0.4, -0.2) is 46.8 Å². The Hall–Kier alpha value is -0.650. The molecule has 96 valence electrons. The second kappa shape index (κ2) is 6.33. The van der Waals surface area contributed by atoms with Gasteiger partial charge in [-0.05, 0) is 31.6 Å². The minimum absolute atomic E-state index is 0.0873. The normalized spacial score (nSPS) is 13.2. The lowest BCUT2D eigenvalue weighted by Gasteiger charge is -2.26. The van der Waals surface area contributed by atoms with Crippen LogP contribution in [0.25, 0.3) is 0 Å². The molecule has 1 heterocycles. The fourth-order valence-electron chi connectivity index (χ4n) is 1.38. The molecule has 0 aliphatic carbocycles. The van der Waals surface area contributed by atoms with E-state index in [1.54, 1.807) is 0 Å². The maximum atomic E-state index is 5.91. The second-order valence-corrected chi connectivity index (χ2v) is 5.17. The average molecular weight is 278 g/mol. The number of nitrogens with one attached hydrogen (secondary N) is 1. The van der Waals surface area contributed by atoms with Gasteiger partial charge >= 0.3 is 0 Å². The van der Waals surface area contributed by atoms with E-state index in [4.69, 9.17) is 23.2 Å². The number of likely N-dealkylation sites (N-methyl/N-ethyl adjacent to an activating group) is 1. The fourth-order valence-corrected chi connectivity index (χ4v) is 1.63. The first-order valence-corrected chi connectivity index (χ1v) is 6.12. The Bertz CT molecular complexity index is 370. The van der Waals surface area contributed by atoms with Crippen LogP contribution in [0.4, 0.5) is 5.82 Å². The van der Waals surface area contributed by atoms with Crippen molar-refractivity contribution in [3.05, 3.63) is 10.4 Å². The molecule has 1 aromatic heterocycles. The minimum atomic E-state index is 0.0873. The van der Waals surface area contributed by atoms with Gasteiger partial charge in [0.05, 0.1) is 0 Å². The molecule has 0 aliphatic heterocycles. The molecule has 17 heavy (non-hydrogen) atoms. The number of halogens is 2. The summed E-state index contributed by atoms with van der Waals surface area (Å²) in [5, 5.41) is 10.9. The van der Waals surface area contributed by atoms with E-state index in [1.165, 1.54) is 0 Å². The van der Waals surface area contributed by atoms with Crippen LogP contribution >= 0.6 is 23.2 Å². The summed E-state index contributed by atoms with van der Waals surface area (Å²) >= 11 is 11.6. The van der Waals surface area contributed by atoms with E-state index in [-0.39, 0.29) is 16.5 Å². The first kappa shape index (κ1) is 14.4. The summed E-state index contributed by atoms with van der Waals surface area (Å²) in [4.78, 5) is 6.13. The van der Waals surface area contributed by atoms with E-state index >= 15 is 0 Å². The summed E-state index contributed by atoms with van der Waals surface area (Å²) in [6.07, 6.45) is 0. The van der Waals surface area contributed by atoms with Gasteiger partial charge in [-0.15, -0.1) is 10.2 Å². The number of rotatable bonds is 5. The SMILES string of the molecule is CC(C)C(CN(C)C)Nc1nc(Cl)nnc1Cl. The van der Waals surface area contributed by atoms with Gasteiger partial charge in [0, 0.05) is 12.6 Å². The molecule has 0 fully saturated rings. The van der Waals surface area contributed by atoms with E-state index in [0.29, 0.717) is 11.7 Å². The van der Waals surface area contributed by atoms with Crippen LogP contribution in [0.15, 0.2) is 0 Å². The Morgan fingerprint density at radius 3 is 2.41 bits per heavy atom. The molecule has 1 atom stereocenters. The maximum Gasteiger partial charge on any atom is 0.245 e. The number of hydrogen-bond donors (Lipinski definition) is 1. The van der Waals surface area contributed by atoms with E-state index < -0.39 is 0 Å². The molecular formula is C10H17Cl2N5. The molecule has 0 saturated heterocycles. The van der Waals surface area contributed by atoms with Crippen molar-refractivity contribution >= 4 is 29.0 Å². The molecule has 0 amide bonds. The Labute approximate surface area is 112 Å². The number of aromatic nitrogens is 3. The fraction of sp³-hybridized carbons (Fsp3) is 0.700. The predicted octanol–water partition coefficient (Wildman–Crippen LogP) is 2.18. The molecule has 5 nitrogen and oxygen atoms in total. The summed E-state index contributed by atoms with van der Waals surface area (Å²) in [5.74, 6) is 0.912. The highest BCUT2D eigenvalue weighted by atomic mass is 35.5. The van der Waals surface area contributed by atoms with Gasteiger partial charge in [0.2, 0.25) is 5.28 Å². The standard InChI is InChI=1S/C10H17Cl2N5/c1-6(2)7(5-17(3)4)13-9-8(11)15-16-10(12)14-9/h6-7H,5H2,1-4H3,(H,13,14,16). The zero-order chi connectivity index (χ0) is 13.0. The number of anilines is 1. The van der Waals surface area contributed by atoms with Crippen molar-refractivity contribution in [2.75, 3.05) is 26.0 Å². The molecule has 1 aromatic rings. The van der Waals surface area contributed by atoms with E-state index in [0.717, 1.165) is 6.54 Å². The van der Waals surface area contributed by atoms with E-state index in [1.807, 2.05) is 14.1 Å². The molecule has 0 aliphatic rings. The molecule has 7 heteroatoms. The van der Waals surface area contributed by atoms with Crippen LogP contribution in [0.3, 0.4) is 0 Å². The molecule has 1 N–H and O–H groups in total. The molecule has 0 radical (unpaired) electrons. The lowest BCUT2D eigenvalue weighted by molar-refractivity contribution is 0.344. The Balaban J connectivity index is 2.81. The van der Waals surface area contributed by atoms with Crippen LogP contribution in [0.5, 0.6) is 0 Å². The molecule has 0 spiro atoms. The average Bonchev–Trinajstić information content (AvgIpc) is 2.21. The maximum absolute atomic E-state index is 5.91. The van der Waals surface area contributed by atoms with Gasteiger partial charge in [0.25, 0.3) is 0 Å². The largest absolute Gasteiger partial charge is 0.363 e.